The summed E-state index contributed by atoms with van der Waals surface area (Å²) < 4.78 is 135. The van der Waals surface area contributed by atoms with Gasteiger partial charge in [0.2, 0.25) is 0 Å². The lowest BCUT2D eigenvalue weighted by Crippen LogP contribution is -2.05. The number of rotatable bonds is 8. The van der Waals surface area contributed by atoms with Gasteiger partial charge >= 0.3 is 0 Å². The number of hydrogen-bond acceptors (Lipinski definition) is 17. The fourth-order valence-corrected chi connectivity index (χ4v) is 8.63. The molecule has 0 saturated carbocycles. The van der Waals surface area contributed by atoms with Crippen molar-refractivity contribution in [2.45, 2.75) is 19.6 Å². The highest BCUT2D eigenvalue weighted by Crippen LogP contribution is 2.46. The van der Waals surface area contributed by atoms with Crippen LogP contribution in [-0.2, 0) is 40.5 Å². The minimum absolute atomic E-state index is 0.0259. The van der Waals surface area contributed by atoms with E-state index < -0.39 is 99.9 Å². The zero-order valence-electron chi connectivity index (χ0n) is 28.9. The molecule has 0 saturated heterocycles. The summed E-state index contributed by atoms with van der Waals surface area (Å²) in [6.45, 7) is 0. The van der Waals surface area contributed by atoms with Gasteiger partial charge in [-0.25, -0.2) is 0 Å². The standard InChI is InChI=1S/C33H23N7O15S4/c34-22-11-17(56(44,45)46)5-13-7-25(58(50,51)52)29(31(41)27(13)22)39-37-15-1-3-19-20(9-15)21-10-16(2-4-24(21)36-33(19)43)38-40-30-26(59(53,54)55)8-14-6-18(57(47,48)49)12-23(35)28(14)32(30)42/h1-12,41-42H,34-35H2,(H,36,43)(H,44,45,46)(H,47,48,49)(H,50,51,52)(H,53,54,55). The first-order valence-electron chi connectivity index (χ1n) is 15.8. The van der Waals surface area contributed by atoms with Crippen molar-refractivity contribution in [2.24, 2.45) is 20.5 Å². The average Bonchev–Trinajstić information content (AvgIpc) is 3.12. The average molecular weight is 886 g/mol. The number of H-pyrrole nitrogens is 1. The van der Waals surface area contributed by atoms with Gasteiger partial charge in [0.05, 0.1) is 21.2 Å². The molecule has 304 valence electrons. The topological polar surface area (TPSA) is 392 Å². The molecule has 0 unspecified atom stereocenters. The lowest BCUT2D eigenvalue weighted by molar-refractivity contribution is 0.471. The summed E-state index contributed by atoms with van der Waals surface area (Å²) in [7, 11) is -20.0. The molecule has 0 aliphatic carbocycles. The highest BCUT2D eigenvalue weighted by atomic mass is 32.2. The molecule has 0 radical (unpaired) electrons. The van der Waals surface area contributed by atoms with Crippen LogP contribution < -0.4 is 17.0 Å². The third kappa shape index (κ3) is 7.47. The van der Waals surface area contributed by atoms with E-state index in [1.165, 1.54) is 36.4 Å². The highest BCUT2D eigenvalue weighted by Gasteiger charge is 2.26. The van der Waals surface area contributed by atoms with E-state index in [0.717, 1.165) is 36.4 Å². The quantitative estimate of drug-likeness (QED) is 0.0400. The van der Waals surface area contributed by atoms with Gasteiger partial charge in [-0.15, -0.1) is 10.2 Å². The van der Waals surface area contributed by atoms with Gasteiger partial charge in [-0.3, -0.25) is 23.0 Å². The largest absolute Gasteiger partial charge is 0.505 e. The minimum atomic E-state index is -5.18. The molecule has 59 heavy (non-hydrogen) atoms. The Labute approximate surface area is 329 Å². The fourth-order valence-electron chi connectivity index (χ4n) is 6.21. The number of azo groups is 2. The van der Waals surface area contributed by atoms with E-state index in [9.17, 15) is 66.9 Å². The lowest BCUT2D eigenvalue weighted by Gasteiger charge is -2.12. The third-order valence-corrected chi connectivity index (χ3v) is 12.2. The summed E-state index contributed by atoms with van der Waals surface area (Å²) in [5.74, 6) is -1.86. The molecule has 0 fully saturated rings. The predicted molar refractivity (Wildman–Crippen MR) is 210 cm³/mol. The number of anilines is 2. The number of nitrogens with one attached hydrogen (secondary N) is 1. The number of aromatic amines is 1. The van der Waals surface area contributed by atoms with Crippen LogP contribution in [-0.4, -0.2) is 67.1 Å². The number of nitrogens with two attached hydrogens (primary N) is 2. The number of benzene rings is 6. The molecule has 11 N–H and O–H groups in total. The highest BCUT2D eigenvalue weighted by molar-refractivity contribution is 7.86. The van der Waals surface area contributed by atoms with Crippen molar-refractivity contribution in [1.29, 1.82) is 0 Å². The molecule has 0 aliphatic heterocycles. The molecular formula is C33H23N7O15S4. The monoisotopic (exact) mass is 885 g/mol. The summed E-state index contributed by atoms with van der Waals surface area (Å²) in [6.07, 6.45) is 0. The number of fused-ring (bicyclic) bond motifs is 5. The maximum atomic E-state index is 13.0. The number of aromatic hydroxyl groups is 2. The van der Waals surface area contributed by atoms with Crippen molar-refractivity contribution in [3.05, 3.63) is 83.2 Å². The Kier molecular flexibility index (Phi) is 9.44. The molecule has 0 bridgehead atoms. The Morgan fingerprint density at radius 3 is 1.34 bits per heavy atom. The Hall–Kier alpha value is -6.65. The zero-order chi connectivity index (χ0) is 43.1. The van der Waals surface area contributed by atoms with Gasteiger partial charge in [-0.05, 0) is 89.0 Å². The molecule has 0 aliphatic rings. The fraction of sp³-hybridized carbons (Fsp3) is 0. The third-order valence-electron chi connectivity index (χ3n) is 8.78. The molecule has 0 spiro atoms. The first-order chi connectivity index (χ1) is 27.3. The van der Waals surface area contributed by atoms with Gasteiger partial charge in [-0.1, -0.05) is 0 Å². The molecule has 7 aromatic rings. The normalized spacial score (nSPS) is 13.2. The zero-order valence-corrected chi connectivity index (χ0v) is 32.1. The van der Waals surface area contributed by atoms with E-state index in [0.29, 0.717) is 0 Å². The van der Waals surface area contributed by atoms with Crippen molar-refractivity contribution in [2.75, 3.05) is 11.5 Å². The van der Waals surface area contributed by atoms with Crippen LogP contribution in [0.3, 0.4) is 0 Å². The molecule has 1 aromatic heterocycles. The number of pyridine rings is 1. The number of hydrogen-bond donors (Lipinski definition) is 9. The maximum Gasteiger partial charge on any atom is 0.296 e. The van der Waals surface area contributed by atoms with Crippen molar-refractivity contribution >= 4 is 118 Å². The van der Waals surface area contributed by atoms with Gasteiger partial charge in [0, 0.05) is 38.4 Å². The van der Waals surface area contributed by atoms with E-state index in [1.54, 1.807) is 0 Å². The Balaban J connectivity index is 1.36. The first kappa shape index (κ1) is 40.5. The van der Waals surface area contributed by atoms with Crippen LogP contribution in [0.25, 0.3) is 43.2 Å². The van der Waals surface area contributed by atoms with Crippen LogP contribution in [0.15, 0.2) is 118 Å². The molecule has 1 heterocycles. The van der Waals surface area contributed by atoms with Crippen LogP contribution in [0.5, 0.6) is 11.5 Å². The van der Waals surface area contributed by atoms with Gasteiger partial charge < -0.3 is 26.7 Å². The number of phenols is 2. The van der Waals surface area contributed by atoms with Gasteiger partial charge in [-0.2, -0.15) is 43.9 Å². The van der Waals surface area contributed by atoms with Crippen LogP contribution in [0.1, 0.15) is 0 Å². The number of phenolic OH excluding ortho intramolecular Hbond substituents is 2. The summed E-state index contributed by atoms with van der Waals surface area (Å²) in [4.78, 5) is 12.1. The SMILES string of the molecule is Nc1cc(S(=O)(=O)O)cc2cc(S(=O)(=O)O)c(N=Nc3ccc4[nH]c(=O)c5ccc(N=Nc6c(S(=O)(=O)O)cc7cc(S(=O)(=O)O)cc(N)c7c6O)cc5c4c3)c(O)c12. The van der Waals surface area contributed by atoms with E-state index in [2.05, 4.69) is 25.4 Å². The summed E-state index contributed by atoms with van der Waals surface area (Å²) in [6, 6.07) is 12.7. The second kappa shape index (κ2) is 13.7. The van der Waals surface area contributed by atoms with Crippen LogP contribution in [0.2, 0.25) is 0 Å². The van der Waals surface area contributed by atoms with E-state index >= 15 is 0 Å². The molecule has 22 nitrogen and oxygen atoms in total. The second-order valence-corrected chi connectivity index (χ2v) is 18.2. The molecule has 26 heteroatoms. The molecule has 0 atom stereocenters. The van der Waals surface area contributed by atoms with Crippen molar-refractivity contribution in [3.63, 3.8) is 0 Å². The molecule has 0 amide bonds. The van der Waals surface area contributed by atoms with Crippen LogP contribution >= 0.6 is 0 Å². The molecule has 7 rings (SSSR count). The Morgan fingerprint density at radius 2 is 0.915 bits per heavy atom. The molecular weight excluding hydrogens is 863 g/mol. The lowest BCUT2D eigenvalue weighted by atomic mass is 10.1. The van der Waals surface area contributed by atoms with Crippen LogP contribution in [0, 0.1) is 0 Å². The van der Waals surface area contributed by atoms with Crippen molar-refractivity contribution < 1.29 is 62.1 Å². The van der Waals surface area contributed by atoms with Crippen molar-refractivity contribution in [1.82, 2.24) is 4.98 Å². The van der Waals surface area contributed by atoms with Gasteiger partial charge in [0.1, 0.15) is 21.2 Å². The Morgan fingerprint density at radius 1 is 0.492 bits per heavy atom. The predicted octanol–water partition coefficient (Wildman–Crippen LogP) is 5.38. The number of nitrogens with zero attached hydrogens (tertiary/aromatic N) is 4. The maximum absolute atomic E-state index is 13.0. The number of nitrogen functional groups attached to an aromatic ring is 2. The summed E-state index contributed by atoms with van der Waals surface area (Å²) in [5, 5.41) is 37.1. The minimum Gasteiger partial charge on any atom is -0.505 e. The van der Waals surface area contributed by atoms with Crippen molar-refractivity contribution in [3.8, 4) is 11.5 Å². The second-order valence-electron chi connectivity index (χ2n) is 12.6. The van der Waals surface area contributed by atoms with E-state index in [1.807, 2.05) is 0 Å². The van der Waals surface area contributed by atoms with E-state index in [-0.39, 0.29) is 54.6 Å². The number of aromatic nitrogens is 1. The van der Waals surface area contributed by atoms with Gasteiger partial charge in [0.25, 0.3) is 46.0 Å². The summed E-state index contributed by atoms with van der Waals surface area (Å²) in [5.41, 5.74) is 8.97. The Bertz CT molecular complexity index is 3630. The summed E-state index contributed by atoms with van der Waals surface area (Å²) >= 11 is 0. The smallest absolute Gasteiger partial charge is 0.296 e. The van der Waals surface area contributed by atoms with Gasteiger partial charge in [0.15, 0.2) is 11.5 Å². The first-order valence-corrected chi connectivity index (χ1v) is 21.6. The van der Waals surface area contributed by atoms with E-state index in [4.69, 9.17) is 11.5 Å². The van der Waals surface area contributed by atoms with Crippen LogP contribution in [0.4, 0.5) is 34.1 Å². The molecule has 6 aromatic carbocycles.